The van der Waals surface area contributed by atoms with Crippen molar-refractivity contribution in [1.29, 1.82) is 0 Å². The lowest BCUT2D eigenvalue weighted by Gasteiger charge is -2.44. The first-order chi connectivity index (χ1) is 12.2. The fourth-order valence-corrected chi connectivity index (χ4v) is 5.65. The van der Waals surface area contributed by atoms with Gasteiger partial charge in [0.05, 0.1) is 0 Å². The average molecular weight is 360 g/mol. The second-order valence-corrected chi connectivity index (χ2v) is 8.95. The number of carbonyl (C=O) groups excluding carboxylic acids is 2. The molecule has 0 heterocycles. The SMILES string of the molecule is C=C1[C@H](OC(C)=O)CC[C@H](C)CCC2=C(C)[C@@H]3[C@H]1CC[C@]3(C)[C@@H](O)C2=O. The van der Waals surface area contributed by atoms with Gasteiger partial charge in [-0.3, -0.25) is 9.59 Å². The van der Waals surface area contributed by atoms with E-state index in [1.165, 1.54) is 6.92 Å². The Labute approximate surface area is 156 Å². The molecule has 6 atom stereocenters. The van der Waals surface area contributed by atoms with Crippen molar-refractivity contribution < 1.29 is 19.4 Å². The molecule has 144 valence electrons. The van der Waals surface area contributed by atoms with Crippen LogP contribution in [0.3, 0.4) is 0 Å². The number of hydrogen-bond donors (Lipinski definition) is 1. The minimum absolute atomic E-state index is 0.0736. The predicted octanol–water partition coefficient (Wildman–Crippen LogP) is 3.98. The molecule has 4 heteroatoms. The molecule has 1 fully saturated rings. The van der Waals surface area contributed by atoms with Crippen LogP contribution in [-0.2, 0) is 14.3 Å². The Morgan fingerprint density at radius 1 is 1.27 bits per heavy atom. The summed E-state index contributed by atoms with van der Waals surface area (Å²) in [6.45, 7) is 12.1. The maximum absolute atomic E-state index is 12.9. The zero-order valence-electron chi connectivity index (χ0n) is 16.5. The van der Waals surface area contributed by atoms with Gasteiger partial charge in [-0.2, -0.15) is 0 Å². The third kappa shape index (κ3) is 3.06. The average Bonchev–Trinajstić information content (AvgIpc) is 2.93. The van der Waals surface area contributed by atoms with Crippen LogP contribution in [0.15, 0.2) is 23.3 Å². The number of carbonyl (C=O) groups is 2. The molecule has 3 aliphatic carbocycles. The second-order valence-electron chi connectivity index (χ2n) is 8.95. The third-order valence-electron chi connectivity index (χ3n) is 7.23. The van der Waals surface area contributed by atoms with Gasteiger partial charge in [0.2, 0.25) is 0 Å². The van der Waals surface area contributed by atoms with Crippen molar-refractivity contribution in [1.82, 2.24) is 0 Å². The van der Waals surface area contributed by atoms with Gasteiger partial charge in [-0.25, -0.2) is 0 Å². The van der Waals surface area contributed by atoms with Crippen LogP contribution < -0.4 is 0 Å². The molecule has 0 saturated heterocycles. The fraction of sp³-hybridized carbons (Fsp3) is 0.727. The van der Waals surface area contributed by atoms with E-state index in [-0.39, 0.29) is 29.7 Å². The Bertz CT molecular complexity index is 661. The van der Waals surface area contributed by atoms with E-state index >= 15 is 0 Å². The van der Waals surface area contributed by atoms with Gasteiger partial charge in [-0.05, 0) is 74.3 Å². The summed E-state index contributed by atoms with van der Waals surface area (Å²) < 4.78 is 5.64. The number of Topliss-reactive ketones (excluding diaryl/α,β-unsaturated/α-hetero) is 1. The van der Waals surface area contributed by atoms with Gasteiger partial charge in [0.1, 0.15) is 12.2 Å². The molecule has 0 radical (unpaired) electrons. The van der Waals surface area contributed by atoms with Crippen LogP contribution in [0.2, 0.25) is 0 Å². The van der Waals surface area contributed by atoms with Crippen molar-refractivity contribution in [2.45, 2.75) is 78.4 Å². The lowest BCUT2D eigenvalue weighted by molar-refractivity contribution is -0.145. The number of ketones is 1. The quantitative estimate of drug-likeness (QED) is 0.567. The molecule has 3 rings (SSSR count). The Morgan fingerprint density at radius 3 is 2.62 bits per heavy atom. The molecule has 1 N–H and O–H groups in total. The van der Waals surface area contributed by atoms with Gasteiger partial charge in [0.25, 0.3) is 0 Å². The number of rotatable bonds is 1. The molecule has 0 aliphatic heterocycles. The first-order valence-electron chi connectivity index (χ1n) is 9.94. The Balaban J connectivity index is 2.06. The summed E-state index contributed by atoms with van der Waals surface area (Å²) in [5.41, 5.74) is 2.47. The summed E-state index contributed by atoms with van der Waals surface area (Å²) in [4.78, 5) is 24.5. The first kappa shape index (κ1) is 19.3. The normalized spacial score (nSPS) is 41.0. The largest absolute Gasteiger partial charge is 0.458 e. The molecule has 3 aliphatic rings. The van der Waals surface area contributed by atoms with Crippen LogP contribution in [0.5, 0.6) is 0 Å². The molecule has 0 amide bonds. The van der Waals surface area contributed by atoms with Crippen LogP contribution in [0, 0.1) is 23.2 Å². The molecule has 0 aromatic carbocycles. The number of esters is 1. The summed E-state index contributed by atoms with van der Waals surface area (Å²) in [5, 5.41) is 10.9. The van der Waals surface area contributed by atoms with Crippen LogP contribution >= 0.6 is 0 Å². The van der Waals surface area contributed by atoms with E-state index in [1.807, 2.05) is 6.92 Å². The van der Waals surface area contributed by atoms with Crippen LogP contribution in [-0.4, -0.2) is 29.1 Å². The summed E-state index contributed by atoms with van der Waals surface area (Å²) >= 11 is 0. The number of hydrogen-bond acceptors (Lipinski definition) is 4. The van der Waals surface area contributed by atoms with Gasteiger partial charge in [-0.15, -0.1) is 0 Å². The maximum atomic E-state index is 12.9. The van der Waals surface area contributed by atoms with Gasteiger partial charge in [-0.1, -0.05) is 26.0 Å². The molecular weight excluding hydrogens is 328 g/mol. The highest BCUT2D eigenvalue weighted by Gasteiger charge is 2.57. The van der Waals surface area contributed by atoms with E-state index in [9.17, 15) is 14.7 Å². The van der Waals surface area contributed by atoms with E-state index in [1.54, 1.807) is 0 Å². The van der Waals surface area contributed by atoms with E-state index < -0.39 is 11.5 Å². The third-order valence-corrected chi connectivity index (χ3v) is 7.23. The lowest BCUT2D eigenvalue weighted by Crippen LogP contribution is -2.48. The lowest BCUT2D eigenvalue weighted by atomic mass is 9.61. The zero-order valence-corrected chi connectivity index (χ0v) is 16.5. The van der Waals surface area contributed by atoms with E-state index in [2.05, 4.69) is 20.4 Å². The minimum atomic E-state index is -0.938. The number of aliphatic hydroxyl groups is 1. The molecular formula is C22H32O4. The second kappa shape index (κ2) is 6.95. The van der Waals surface area contributed by atoms with Crippen molar-refractivity contribution in [3.63, 3.8) is 0 Å². The zero-order chi connectivity index (χ0) is 19.2. The Kier molecular flexibility index (Phi) is 5.17. The van der Waals surface area contributed by atoms with E-state index in [0.29, 0.717) is 5.92 Å². The Hall–Kier alpha value is -1.42. The first-order valence-corrected chi connectivity index (χ1v) is 9.94. The monoisotopic (exact) mass is 360 g/mol. The maximum Gasteiger partial charge on any atom is 0.303 e. The highest BCUT2D eigenvalue weighted by atomic mass is 16.5. The van der Waals surface area contributed by atoms with Gasteiger partial charge < -0.3 is 9.84 Å². The van der Waals surface area contributed by atoms with Crippen molar-refractivity contribution in [2.75, 3.05) is 0 Å². The summed E-state index contributed by atoms with van der Waals surface area (Å²) in [7, 11) is 0. The molecule has 26 heavy (non-hydrogen) atoms. The smallest absolute Gasteiger partial charge is 0.303 e. The highest BCUT2D eigenvalue weighted by molar-refractivity contribution is 6.01. The van der Waals surface area contributed by atoms with Crippen LogP contribution in [0.1, 0.15) is 66.2 Å². The molecule has 1 saturated carbocycles. The highest BCUT2D eigenvalue weighted by Crippen LogP contribution is 2.58. The topological polar surface area (TPSA) is 63.6 Å². The van der Waals surface area contributed by atoms with Crippen LogP contribution in [0.25, 0.3) is 0 Å². The van der Waals surface area contributed by atoms with Gasteiger partial charge in [0, 0.05) is 12.3 Å². The molecule has 0 spiro atoms. The molecule has 0 aromatic rings. The van der Waals surface area contributed by atoms with E-state index in [4.69, 9.17) is 4.74 Å². The van der Waals surface area contributed by atoms with Crippen LogP contribution in [0.4, 0.5) is 0 Å². The van der Waals surface area contributed by atoms with Crippen molar-refractivity contribution in [2.24, 2.45) is 23.2 Å². The van der Waals surface area contributed by atoms with Crippen molar-refractivity contribution >= 4 is 11.8 Å². The van der Waals surface area contributed by atoms with E-state index in [0.717, 1.165) is 55.2 Å². The number of aliphatic hydroxyl groups excluding tert-OH is 1. The summed E-state index contributed by atoms with van der Waals surface area (Å²) in [6.07, 6.45) is 3.83. The molecule has 2 bridgehead atoms. The molecule has 4 nitrogen and oxygen atoms in total. The number of allylic oxidation sites excluding steroid dienone is 1. The van der Waals surface area contributed by atoms with Crippen molar-refractivity contribution in [3.8, 4) is 0 Å². The predicted molar refractivity (Wildman–Crippen MR) is 100 cm³/mol. The number of ether oxygens (including phenoxy) is 1. The van der Waals surface area contributed by atoms with Gasteiger partial charge >= 0.3 is 5.97 Å². The fourth-order valence-electron chi connectivity index (χ4n) is 5.65. The summed E-state index contributed by atoms with van der Waals surface area (Å²) in [6, 6.07) is 0. The summed E-state index contributed by atoms with van der Waals surface area (Å²) in [5.74, 6) is 0.332. The molecule has 0 aromatic heterocycles. The van der Waals surface area contributed by atoms with Gasteiger partial charge in [0.15, 0.2) is 5.78 Å². The standard InChI is InChI=1S/C22H32O4/c1-12-6-8-17-14(3)19-16(10-11-22(19,5)21(25)20(17)24)13(2)18(9-7-12)26-15(4)23/h12,16,18-19,21,25H,2,6-11H2,1,3-5H3/t12-,16+,18-,19-,21+,22+/m1/s1. The van der Waals surface area contributed by atoms with Crippen molar-refractivity contribution in [3.05, 3.63) is 23.3 Å². The Morgan fingerprint density at radius 2 is 1.96 bits per heavy atom. The minimum Gasteiger partial charge on any atom is -0.458 e. The molecule has 0 unspecified atom stereocenters.